The van der Waals surface area contributed by atoms with Crippen molar-refractivity contribution in [3.63, 3.8) is 0 Å². The molecule has 0 saturated carbocycles. The molecule has 1 saturated heterocycles. The summed E-state index contributed by atoms with van der Waals surface area (Å²) in [6.45, 7) is 0.460. The molecule has 0 radical (unpaired) electrons. The van der Waals surface area contributed by atoms with Gasteiger partial charge in [0.2, 0.25) is 0 Å². The number of rotatable bonds is 7. The maximum absolute atomic E-state index is 13.6. The number of benzene rings is 1. The summed E-state index contributed by atoms with van der Waals surface area (Å²) >= 11 is 0. The Morgan fingerprint density at radius 1 is 1.28 bits per heavy atom. The molecular formula is C18H26F4N4O2S. The second-order valence-electron chi connectivity index (χ2n) is 7.29. The molecule has 1 fully saturated rings. The predicted molar refractivity (Wildman–Crippen MR) is 104 cm³/mol. The van der Waals surface area contributed by atoms with Crippen LogP contribution in [-0.2, 0) is 22.1 Å². The molecule has 0 spiro atoms. The smallest absolute Gasteiger partial charge is 0.356 e. The van der Waals surface area contributed by atoms with Crippen molar-refractivity contribution in [1.82, 2.24) is 15.5 Å². The molecule has 2 N–H and O–H groups in total. The number of nitrogens with zero attached hydrogens (tertiary/aromatic N) is 2. The van der Waals surface area contributed by atoms with Gasteiger partial charge in [-0.1, -0.05) is 6.07 Å². The van der Waals surface area contributed by atoms with Crippen LogP contribution in [0.5, 0.6) is 0 Å². The normalized spacial score (nSPS) is 18.8. The minimum Gasteiger partial charge on any atom is -0.356 e. The summed E-state index contributed by atoms with van der Waals surface area (Å²) < 4.78 is 74.2. The van der Waals surface area contributed by atoms with E-state index in [9.17, 15) is 26.0 Å². The molecule has 0 aliphatic carbocycles. The lowest BCUT2D eigenvalue weighted by atomic mass is 10.1. The standard InChI is InChI=1S/C18H26F4N4O2S/c1-23-17(24-8-13-5-6-26(10-13)12-18(20,21)22)25-9-15-7-16(19)4-3-14(15)11-29(2,27)28/h3-4,7,13H,5-6,8-12H2,1-2H3,(H2,23,24,25). The number of aliphatic imine (C=N–C) groups is 1. The lowest BCUT2D eigenvalue weighted by molar-refractivity contribution is -0.143. The van der Waals surface area contributed by atoms with E-state index in [4.69, 9.17) is 0 Å². The zero-order chi connectivity index (χ0) is 21.7. The first-order valence-corrected chi connectivity index (χ1v) is 11.2. The van der Waals surface area contributed by atoms with Crippen LogP contribution >= 0.6 is 0 Å². The molecule has 164 valence electrons. The number of hydrogen-bond acceptors (Lipinski definition) is 4. The van der Waals surface area contributed by atoms with Crippen molar-refractivity contribution in [3.8, 4) is 0 Å². The molecule has 1 aromatic rings. The van der Waals surface area contributed by atoms with Crippen molar-refractivity contribution >= 4 is 15.8 Å². The van der Waals surface area contributed by atoms with Gasteiger partial charge in [0, 0.05) is 32.9 Å². The van der Waals surface area contributed by atoms with Gasteiger partial charge in [0.1, 0.15) is 5.82 Å². The Bertz CT molecular complexity index is 828. The lowest BCUT2D eigenvalue weighted by Crippen LogP contribution is -2.40. The predicted octanol–water partition coefficient (Wildman–Crippen LogP) is 1.92. The topological polar surface area (TPSA) is 73.8 Å². The highest BCUT2D eigenvalue weighted by Gasteiger charge is 2.34. The van der Waals surface area contributed by atoms with Gasteiger partial charge in [-0.2, -0.15) is 13.2 Å². The summed E-state index contributed by atoms with van der Waals surface area (Å²) in [5.74, 6) is -0.203. The maximum atomic E-state index is 13.6. The number of hydrogen-bond donors (Lipinski definition) is 2. The van der Waals surface area contributed by atoms with Crippen LogP contribution in [0.1, 0.15) is 17.5 Å². The summed E-state index contributed by atoms with van der Waals surface area (Å²) in [4.78, 5) is 5.44. The Kier molecular flexibility index (Phi) is 7.87. The van der Waals surface area contributed by atoms with Crippen LogP contribution in [0.15, 0.2) is 23.2 Å². The number of sulfone groups is 1. The van der Waals surface area contributed by atoms with Crippen LogP contribution < -0.4 is 10.6 Å². The third-order valence-corrected chi connectivity index (χ3v) is 5.42. The number of nitrogens with one attached hydrogen (secondary N) is 2. The maximum Gasteiger partial charge on any atom is 0.401 e. The Labute approximate surface area is 168 Å². The Balaban J connectivity index is 1.88. The molecule has 1 heterocycles. The van der Waals surface area contributed by atoms with E-state index < -0.39 is 28.4 Å². The minimum absolute atomic E-state index is 0.0610. The number of halogens is 4. The van der Waals surface area contributed by atoms with Crippen LogP contribution in [-0.4, -0.2) is 64.9 Å². The molecule has 0 bridgehead atoms. The molecule has 1 aliphatic rings. The molecule has 0 aromatic heterocycles. The summed E-state index contributed by atoms with van der Waals surface area (Å²) in [5, 5.41) is 6.06. The molecule has 2 rings (SSSR count). The average Bonchev–Trinajstić information content (AvgIpc) is 3.01. The van der Waals surface area contributed by atoms with Crippen molar-refractivity contribution in [2.24, 2.45) is 10.9 Å². The highest BCUT2D eigenvalue weighted by atomic mass is 32.2. The number of alkyl halides is 3. The average molecular weight is 438 g/mol. The first-order chi connectivity index (χ1) is 13.4. The zero-order valence-electron chi connectivity index (χ0n) is 16.4. The van der Waals surface area contributed by atoms with Gasteiger partial charge in [0.15, 0.2) is 15.8 Å². The van der Waals surface area contributed by atoms with Crippen LogP contribution in [0.3, 0.4) is 0 Å². The fourth-order valence-corrected chi connectivity index (χ4v) is 4.15. The highest BCUT2D eigenvalue weighted by Crippen LogP contribution is 2.22. The third-order valence-electron chi connectivity index (χ3n) is 4.59. The summed E-state index contributed by atoms with van der Waals surface area (Å²) in [6.07, 6.45) is -2.44. The monoisotopic (exact) mass is 438 g/mol. The summed E-state index contributed by atoms with van der Waals surface area (Å²) in [7, 11) is -1.73. The third kappa shape index (κ3) is 8.57. The fraction of sp³-hybridized carbons (Fsp3) is 0.611. The first-order valence-electron chi connectivity index (χ1n) is 9.14. The molecule has 1 atom stereocenters. The van der Waals surface area contributed by atoms with Crippen molar-refractivity contribution in [3.05, 3.63) is 35.1 Å². The van der Waals surface area contributed by atoms with E-state index in [2.05, 4.69) is 15.6 Å². The van der Waals surface area contributed by atoms with Gasteiger partial charge in [-0.15, -0.1) is 0 Å². The van der Waals surface area contributed by atoms with Gasteiger partial charge < -0.3 is 10.6 Å². The van der Waals surface area contributed by atoms with E-state index >= 15 is 0 Å². The number of guanidine groups is 1. The van der Waals surface area contributed by atoms with Crippen LogP contribution in [0.4, 0.5) is 17.6 Å². The molecule has 0 amide bonds. The summed E-state index contributed by atoms with van der Waals surface area (Å²) in [6, 6.07) is 3.92. The molecule has 1 aromatic carbocycles. The molecular weight excluding hydrogens is 412 g/mol. The minimum atomic E-state index is -4.20. The molecule has 1 aliphatic heterocycles. The van der Waals surface area contributed by atoms with E-state index in [1.54, 1.807) is 7.05 Å². The second-order valence-corrected chi connectivity index (χ2v) is 9.43. The van der Waals surface area contributed by atoms with Gasteiger partial charge in [-0.3, -0.25) is 9.89 Å². The van der Waals surface area contributed by atoms with Gasteiger partial charge in [0.05, 0.1) is 12.3 Å². The molecule has 1 unspecified atom stereocenters. The quantitative estimate of drug-likeness (QED) is 0.387. The van der Waals surface area contributed by atoms with Crippen molar-refractivity contribution in [2.45, 2.75) is 24.9 Å². The van der Waals surface area contributed by atoms with Crippen LogP contribution in [0.2, 0.25) is 0 Å². The Morgan fingerprint density at radius 2 is 2.00 bits per heavy atom. The van der Waals surface area contributed by atoms with Crippen molar-refractivity contribution in [2.75, 3.05) is 39.5 Å². The summed E-state index contributed by atoms with van der Waals surface area (Å²) in [5.41, 5.74) is 0.992. The van der Waals surface area contributed by atoms with Crippen molar-refractivity contribution < 1.29 is 26.0 Å². The van der Waals surface area contributed by atoms with Gasteiger partial charge in [0.25, 0.3) is 0 Å². The lowest BCUT2D eigenvalue weighted by Gasteiger charge is -2.19. The zero-order valence-corrected chi connectivity index (χ0v) is 17.2. The molecule has 11 heteroatoms. The van der Waals surface area contributed by atoms with Crippen molar-refractivity contribution in [1.29, 1.82) is 0 Å². The largest absolute Gasteiger partial charge is 0.401 e. The second kappa shape index (κ2) is 9.75. The SMILES string of the molecule is CN=C(NCc1cc(F)ccc1CS(C)(=O)=O)NCC1CCN(CC(F)(F)F)C1. The van der Waals surface area contributed by atoms with Gasteiger partial charge in [-0.05, 0) is 42.1 Å². The Hall–Kier alpha value is -1.88. The van der Waals surface area contributed by atoms with E-state index in [0.717, 1.165) is 6.26 Å². The highest BCUT2D eigenvalue weighted by molar-refractivity contribution is 7.89. The van der Waals surface area contributed by atoms with Gasteiger partial charge in [-0.25, -0.2) is 12.8 Å². The number of likely N-dealkylation sites (tertiary alicyclic amines) is 1. The first kappa shape index (κ1) is 23.4. The molecule has 6 nitrogen and oxygen atoms in total. The van der Waals surface area contributed by atoms with Crippen LogP contribution in [0.25, 0.3) is 0 Å². The fourth-order valence-electron chi connectivity index (χ4n) is 3.30. The Morgan fingerprint density at radius 3 is 2.62 bits per heavy atom. The van der Waals surface area contributed by atoms with E-state index in [1.807, 2.05) is 0 Å². The molecule has 29 heavy (non-hydrogen) atoms. The van der Waals surface area contributed by atoms with E-state index in [-0.39, 0.29) is 18.2 Å². The van der Waals surface area contributed by atoms with E-state index in [1.165, 1.54) is 23.1 Å². The van der Waals surface area contributed by atoms with Gasteiger partial charge >= 0.3 is 6.18 Å². The van der Waals surface area contributed by atoms with Crippen LogP contribution in [0, 0.1) is 11.7 Å². The van der Waals surface area contributed by atoms with E-state index in [0.29, 0.717) is 43.1 Å².